The summed E-state index contributed by atoms with van der Waals surface area (Å²) in [5, 5.41) is 21.8. The number of piperidine rings is 1. The van der Waals surface area contributed by atoms with Crippen LogP contribution in [0.1, 0.15) is 24.8 Å². The lowest BCUT2D eigenvalue weighted by atomic mass is 10.0. The largest absolute Gasteiger partial charge is 0.632 e. The maximum atomic E-state index is 12.6. The molecule has 4 heteroatoms. The minimum Gasteiger partial charge on any atom is -0.632 e. The van der Waals surface area contributed by atoms with Crippen molar-refractivity contribution in [2.75, 3.05) is 6.54 Å². The SMILES string of the molecule is O=C(O)[C@@H]1CCCC[N@@+]1([O-])Cc1ccccc1. The van der Waals surface area contributed by atoms with Crippen molar-refractivity contribution < 1.29 is 14.5 Å². The summed E-state index contributed by atoms with van der Waals surface area (Å²) in [7, 11) is 0. The Kier molecular flexibility index (Phi) is 3.45. The molecule has 0 spiro atoms. The molecule has 1 aromatic rings. The van der Waals surface area contributed by atoms with Crippen LogP contribution in [0.3, 0.4) is 0 Å². The average molecular weight is 235 g/mol. The van der Waals surface area contributed by atoms with Crippen LogP contribution in [-0.2, 0) is 11.3 Å². The van der Waals surface area contributed by atoms with E-state index in [9.17, 15) is 10.0 Å². The highest BCUT2D eigenvalue weighted by molar-refractivity contribution is 5.72. The van der Waals surface area contributed by atoms with Gasteiger partial charge in [-0.1, -0.05) is 30.3 Å². The zero-order valence-electron chi connectivity index (χ0n) is 9.71. The maximum absolute atomic E-state index is 12.6. The van der Waals surface area contributed by atoms with E-state index in [0.717, 1.165) is 18.4 Å². The summed E-state index contributed by atoms with van der Waals surface area (Å²) in [4.78, 5) is 11.1. The molecule has 92 valence electrons. The Hall–Kier alpha value is -1.39. The first-order chi connectivity index (χ1) is 8.12. The second-order valence-electron chi connectivity index (χ2n) is 4.67. The fourth-order valence-electron chi connectivity index (χ4n) is 2.51. The Labute approximate surface area is 101 Å². The van der Waals surface area contributed by atoms with Gasteiger partial charge in [-0.15, -0.1) is 0 Å². The number of rotatable bonds is 3. The molecule has 1 heterocycles. The molecule has 0 saturated carbocycles. The Morgan fingerprint density at radius 3 is 2.71 bits per heavy atom. The number of likely N-dealkylation sites (tertiary alicyclic amines) is 1. The van der Waals surface area contributed by atoms with Crippen LogP contribution >= 0.6 is 0 Å². The second kappa shape index (κ2) is 4.85. The van der Waals surface area contributed by atoms with Crippen molar-refractivity contribution in [3.05, 3.63) is 41.1 Å². The van der Waals surface area contributed by atoms with Crippen molar-refractivity contribution in [2.24, 2.45) is 0 Å². The predicted molar refractivity (Wildman–Crippen MR) is 63.9 cm³/mol. The van der Waals surface area contributed by atoms with Gasteiger partial charge in [-0.3, -0.25) is 0 Å². The van der Waals surface area contributed by atoms with Crippen LogP contribution in [0.15, 0.2) is 30.3 Å². The first kappa shape index (κ1) is 12.1. The molecule has 1 fully saturated rings. The molecule has 17 heavy (non-hydrogen) atoms. The van der Waals surface area contributed by atoms with Gasteiger partial charge in [0.1, 0.15) is 6.54 Å². The summed E-state index contributed by atoms with van der Waals surface area (Å²) in [5.41, 5.74) is 0.913. The number of benzene rings is 1. The van der Waals surface area contributed by atoms with E-state index in [1.807, 2.05) is 30.3 Å². The van der Waals surface area contributed by atoms with E-state index < -0.39 is 16.7 Å². The molecule has 4 nitrogen and oxygen atoms in total. The molecule has 1 aliphatic heterocycles. The lowest BCUT2D eigenvalue weighted by molar-refractivity contribution is -0.914. The highest BCUT2D eigenvalue weighted by Crippen LogP contribution is 2.27. The Bertz CT molecular complexity index is 393. The van der Waals surface area contributed by atoms with Gasteiger partial charge in [0.2, 0.25) is 0 Å². The van der Waals surface area contributed by atoms with Crippen molar-refractivity contribution in [3.63, 3.8) is 0 Å². The van der Waals surface area contributed by atoms with Crippen molar-refractivity contribution in [2.45, 2.75) is 31.8 Å². The molecule has 1 aromatic carbocycles. The summed E-state index contributed by atoms with van der Waals surface area (Å²) in [5.74, 6) is -0.962. The summed E-state index contributed by atoms with van der Waals surface area (Å²) < 4.78 is -0.612. The van der Waals surface area contributed by atoms with Gasteiger partial charge in [0.15, 0.2) is 6.04 Å². The van der Waals surface area contributed by atoms with Crippen LogP contribution in [0, 0.1) is 5.21 Å². The number of hydrogen-bond donors (Lipinski definition) is 1. The third-order valence-electron chi connectivity index (χ3n) is 3.41. The smallest absolute Gasteiger partial charge is 0.362 e. The van der Waals surface area contributed by atoms with Crippen LogP contribution in [0.25, 0.3) is 0 Å². The van der Waals surface area contributed by atoms with E-state index in [2.05, 4.69) is 0 Å². The Balaban J connectivity index is 2.18. The molecule has 0 amide bonds. The van der Waals surface area contributed by atoms with Crippen LogP contribution < -0.4 is 0 Å². The molecular weight excluding hydrogens is 218 g/mol. The number of aliphatic carboxylic acids is 1. The molecule has 1 N–H and O–H groups in total. The van der Waals surface area contributed by atoms with Crippen LogP contribution in [0.5, 0.6) is 0 Å². The molecule has 2 atom stereocenters. The van der Waals surface area contributed by atoms with Gasteiger partial charge in [0, 0.05) is 12.0 Å². The molecule has 0 unspecified atom stereocenters. The summed E-state index contributed by atoms with van der Waals surface area (Å²) in [6.45, 7) is 0.670. The Morgan fingerprint density at radius 2 is 2.06 bits per heavy atom. The standard InChI is InChI=1S/C13H17NO3/c15-13(16)12-8-4-5-9-14(12,17)10-11-6-2-1-3-7-11/h1-3,6-7,12H,4-5,8-10H2,(H,15,16)/t12-,14+/m0/s1. The quantitative estimate of drug-likeness (QED) is 0.645. The normalized spacial score (nSPS) is 28.9. The first-order valence-corrected chi connectivity index (χ1v) is 5.96. The molecule has 0 radical (unpaired) electrons. The van der Waals surface area contributed by atoms with Gasteiger partial charge in [-0.2, -0.15) is 0 Å². The van der Waals surface area contributed by atoms with Crippen LogP contribution in [0.4, 0.5) is 0 Å². The van der Waals surface area contributed by atoms with Crippen molar-refractivity contribution in [3.8, 4) is 0 Å². The van der Waals surface area contributed by atoms with Gasteiger partial charge in [-0.05, 0) is 12.8 Å². The van der Waals surface area contributed by atoms with Crippen LogP contribution in [-0.4, -0.2) is 28.3 Å². The molecule has 0 bridgehead atoms. The lowest BCUT2D eigenvalue weighted by Crippen LogP contribution is -2.56. The van der Waals surface area contributed by atoms with E-state index in [0.29, 0.717) is 13.0 Å². The third kappa shape index (κ3) is 2.65. The topological polar surface area (TPSA) is 60.4 Å². The van der Waals surface area contributed by atoms with Crippen molar-refractivity contribution >= 4 is 5.97 Å². The molecule has 2 rings (SSSR count). The second-order valence-corrected chi connectivity index (χ2v) is 4.67. The van der Waals surface area contributed by atoms with Gasteiger partial charge in [-0.25, -0.2) is 4.79 Å². The zero-order chi connectivity index (χ0) is 12.3. The zero-order valence-corrected chi connectivity index (χ0v) is 9.71. The fraction of sp³-hybridized carbons (Fsp3) is 0.462. The van der Waals surface area contributed by atoms with Gasteiger partial charge >= 0.3 is 5.97 Å². The predicted octanol–water partition coefficient (Wildman–Crippen LogP) is 2.14. The molecule has 0 aromatic heterocycles. The van der Waals surface area contributed by atoms with Crippen molar-refractivity contribution in [1.82, 2.24) is 0 Å². The minimum absolute atomic E-state index is 0.262. The number of quaternary nitrogens is 1. The average Bonchev–Trinajstić information content (AvgIpc) is 2.30. The first-order valence-electron chi connectivity index (χ1n) is 5.96. The van der Waals surface area contributed by atoms with E-state index in [-0.39, 0.29) is 6.54 Å². The van der Waals surface area contributed by atoms with Crippen LogP contribution in [0.2, 0.25) is 0 Å². The molecular formula is C13H17NO3. The minimum atomic E-state index is -0.962. The number of carbonyl (C=O) groups is 1. The lowest BCUT2D eigenvalue weighted by Gasteiger charge is -2.49. The number of hydrogen-bond acceptors (Lipinski definition) is 2. The van der Waals surface area contributed by atoms with E-state index in [4.69, 9.17) is 5.11 Å². The highest BCUT2D eigenvalue weighted by atomic mass is 16.6. The molecule has 1 aliphatic rings. The molecule has 0 aliphatic carbocycles. The number of carboxylic acids is 1. The Morgan fingerprint density at radius 1 is 1.35 bits per heavy atom. The number of hydroxylamine groups is 3. The highest BCUT2D eigenvalue weighted by Gasteiger charge is 2.37. The maximum Gasteiger partial charge on any atom is 0.362 e. The third-order valence-corrected chi connectivity index (χ3v) is 3.41. The van der Waals surface area contributed by atoms with Gasteiger partial charge in [0.25, 0.3) is 0 Å². The van der Waals surface area contributed by atoms with E-state index >= 15 is 0 Å². The number of carboxylic acid groups (broad SMARTS) is 1. The van der Waals surface area contributed by atoms with Gasteiger partial charge < -0.3 is 15.0 Å². The summed E-state index contributed by atoms with van der Waals surface area (Å²) in [6.07, 6.45) is 2.15. The van der Waals surface area contributed by atoms with Crippen molar-refractivity contribution in [1.29, 1.82) is 0 Å². The summed E-state index contributed by atoms with van der Waals surface area (Å²) in [6, 6.07) is 8.60. The molecule has 1 saturated heterocycles. The monoisotopic (exact) mass is 235 g/mol. The summed E-state index contributed by atoms with van der Waals surface area (Å²) >= 11 is 0. The van der Waals surface area contributed by atoms with E-state index in [1.54, 1.807) is 0 Å². The number of nitrogens with zero attached hydrogens (tertiary/aromatic N) is 1. The van der Waals surface area contributed by atoms with E-state index in [1.165, 1.54) is 0 Å². The van der Waals surface area contributed by atoms with Gasteiger partial charge in [0.05, 0.1) is 6.54 Å². The fourth-order valence-corrected chi connectivity index (χ4v) is 2.51.